The molecule has 0 aromatic heterocycles. The number of halogens is 1. The number of aliphatic hydroxyl groups is 1. The number of hydrogen-bond donors (Lipinski definition) is 2. The first-order valence-electron chi connectivity index (χ1n) is 5.70. The van der Waals surface area contributed by atoms with Crippen LogP contribution in [-0.2, 0) is 11.3 Å². The maximum absolute atomic E-state index is 9.36. The van der Waals surface area contributed by atoms with E-state index in [4.69, 9.17) is 10.5 Å². The van der Waals surface area contributed by atoms with Crippen LogP contribution in [0.15, 0.2) is 22.7 Å². The van der Waals surface area contributed by atoms with Gasteiger partial charge in [-0.2, -0.15) is 0 Å². The van der Waals surface area contributed by atoms with Gasteiger partial charge in [-0.3, -0.25) is 0 Å². The minimum Gasteiger partial charge on any atom is -0.394 e. The fraction of sp³-hybridized carbons (Fsp3) is 0.500. The molecule has 3 N–H and O–H groups in total. The van der Waals surface area contributed by atoms with E-state index in [0.29, 0.717) is 19.8 Å². The van der Waals surface area contributed by atoms with Crippen LogP contribution in [0.2, 0.25) is 0 Å². The van der Waals surface area contributed by atoms with Crippen molar-refractivity contribution in [2.45, 2.75) is 12.6 Å². The summed E-state index contributed by atoms with van der Waals surface area (Å²) in [6.45, 7) is 2.70. The van der Waals surface area contributed by atoms with E-state index in [-0.39, 0.29) is 12.6 Å². The van der Waals surface area contributed by atoms with Crippen LogP contribution in [-0.4, -0.2) is 37.5 Å². The zero-order valence-electron chi connectivity index (χ0n) is 9.60. The molecule has 0 radical (unpaired) electrons. The highest BCUT2D eigenvalue weighted by atomic mass is 79.9. The summed E-state index contributed by atoms with van der Waals surface area (Å²) < 4.78 is 6.39. The summed E-state index contributed by atoms with van der Waals surface area (Å²) >= 11 is 3.56. The first kappa shape index (κ1) is 12.8. The molecule has 1 aromatic carbocycles. The smallest absolute Gasteiger partial charge is 0.0755 e. The van der Waals surface area contributed by atoms with E-state index >= 15 is 0 Å². The van der Waals surface area contributed by atoms with Crippen LogP contribution < -0.4 is 10.6 Å². The Morgan fingerprint density at radius 2 is 2.35 bits per heavy atom. The minimum atomic E-state index is 0.0313. The first-order chi connectivity index (χ1) is 8.26. The van der Waals surface area contributed by atoms with Crippen molar-refractivity contribution in [3.05, 3.63) is 28.2 Å². The third kappa shape index (κ3) is 2.80. The molecule has 2 rings (SSSR count). The Morgan fingerprint density at radius 1 is 1.53 bits per heavy atom. The second-order valence-corrected chi connectivity index (χ2v) is 4.95. The molecule has 1 saturated heterocycles. The molecule has 4 nitrogen and oxygen atoms in total. The average Bonchev–Trinajstić information content (AvgIpc) is 2.38. The zero-order valence-corrected chi connectivity index (χ0v) is 11.2. The van der Waals surface area contributed by atoms with Crippen molar-refractivity contribution in [1.82, 2.24) is 0 Å². The number of nitrogens with two attached hydrogens (primary N) is 1. The topological polar surface area (TPSA) is 58.7 Å². The standard InChI is InChI=1S/C12H17BrN2O2/c13-11-5-9(6-14)1-2-12(11)15-3-4-17-8-10(15)7-16/h1-2,5,10,16H,3-4,6-8,14H2. The van der Waals surface area contributed by atoms with Gasteiger partial charge in [0.2, 0.25) is 0 Å². The average molecular weight is 301 g/mol. The molecule has 0 aliphatic carbocycles. The monoisotopic (exact) mass is 300 g/mol. The van der Waals surface area contributed by atoms with Crippen molar-refractivity contribution in [1.29, 1.82) is 0 Å². The van der Waals surface area contributed by atoms with E-state index < -0.39 is 0 Å². The second kappa shape index (κ2) is 5.82. The van der Waals surface area contributed by atoms with Crippen molar-refractivity contribution in [3.63, 3.8) is 0 Å². The normalized spacial score (nSPS) is 20.6. The molecule has 0 saturated carbocycles. The Morgan fingerprint density at radius 3 is 3.00 bits per heavy atom. The summed E-state index contributed by atoms with van der Waals surface area (Å²) in [5, 5.41) is 9.36. The summed E-state index contributed by atoms with van der Waals surface area (Å²) in [5.74, 6) is 0. The molecule has 5 heteroatoms. The Kier molecular flexibility index (Phi) is 4.39. The van der Waals surface area contributed by atoms with E-state index in [1.165, 1.54) is 0 Å². The van der Waals surface area contributed by atoms with Gasteiger partial charge in [-0.1, -0.05) is 6.07 Å². The van der Waals surface area contributed by atoms with Crippen LogP contribution >= 0.6 is 15.9 Å². The van der Waals surface area contributed by atoms with Gasteiger partial charge in [0.1, 0.15) is 0 Å². The molecule has 1 unspecified atom stereocenters. The fourth-order valence-corrected chi connectivity index (χ4v) is 2.69. The molecule has 1 aliphatic heterocycles. The van der Waals surface area contributed by atoms with E-state index in [1.807, 2.05) is 18.2 Å². The van der Waals surface area contributed by atoms with Crippen molar-refractivity contribution in [2.24, 2.45) is 5.73 Å². The SMILES string of the molecule is NCc1ccc(N2CCOCC2CO)c(Br)c1. The third-order valence-electron chi connectivity index (χ3n) is 3.00. The highest BCUT2D eigenvalue weighted by Crippen LogP contribution is 2.29. The quantitative estimate of drug-likeness (QED) is 0.878. The van der Waals surface area contributed by atoms with Gasteiger partial charge < -0.3 is 20.5 Å². The molecular formula is C12H17BrN2O2. The van der Waals surface area contributed by atoms with Gasteiger partial charge in [0.25, 0.3) is 0 Å². The third-order valence-corrected chi connectivity index (χ3v) is 3.63. The van der Waals surface area contributed by atoms with Crippen LogP contribution in [0.25, 0.3) is 0 Å². The summed E-state index contributed by atoms with van der Waals surface area (Å²) in [4.78, 5) is 2.17. The number of nitrogens with zero attached hydrogens (tertiary/aromatic N) is 1. The van der Waals surface area contributed by atoms with E-state index in [9.17, 15) is 5.11 Å². The molecule has 94 valence electrons. The van der Waals surface area contributed by atoms with Crippen molar-refractivity contribution >= 4 is 21.6 Å². The number of aliphatic hydroxyl groups excluding tert-OH is 1. The van der Waals surface area contributed by atoms with Gasteiger partial charge >= 0.3 is 0 Å². The Hall–Kier alpha value is -0.620. The predicted octanol–water partition coefficient (Wildman–Crippen LogP) is 1.11. The zero-order chi connectivity index (χ0) is 12.3. The van der Waals surface area contributed by atoms with Crippen LogP contribution in [0, 0.1) is 0 Å². The summed E-state index contributed by atoms with van der Waals surface area (Å²) in [5.41, 5.74) is 7.79. The maximum atomic E-state index is 9.36. The van der Waals surface area contributed by atoms with Crippen LogP contribution in [0.1, 0.15) is 5.56 Å². The lowest BCUT2D eigenvalue weighted by Gasteiger charge is -2.37. The maximum Gasteiger partial charge on any atom is 0.0755 e. The van der Waals surface area contributed by atoms with E-state index in [2.05, 4.69) is 20.8 Å². The number of rotatable bonds is 3. The second-order valence-electron chi connectivity index (χ2n) is 4.09. The number of morpholine rings is 1. The first-order valence-corrected chi connectivity index (χ1v) is 6.49. The largest absolute Gasteiger partial charge is 0.394 e. The van der Waals surface area contributed by atoms with Gasteiger partial charge in [-0.05, 0) is 33.6 Å². The van der Waals surface area contributed by atoms with Crippen LogP contribution in [0.3, 0.4) is 0 Å². The summed E-state index contributed by atoms with van der Waals surface area (Å²) in [6.07, 6.45) is 0. The molecular weight excluding hydrogens is 284 g/mol. The Labute approximate surface area is 109 Å². The molecule has 0 amide bonds. The number of hydrogen-bond acceptors (Lipinski definition) is 4. The molecule has 1 atom stereocenters. The highest BCUT2D eigenvalue weighted by molar-refractivity contribution is 9.10. The molecule has 1 aliphatic rings. The Bertz CT molecular complexity index is 387. The van der Waals surface area contributed by atoms with E-state index in [1.54, 1.807) is 0 Å². The predicted molar refractivity (Wildman–Crippen MR) is 71.1 cm³/mol. The molecule has 0 bridgehead atoms. The molecule has 0 spiro atoms. The van der Waals surface area contributed by atoms with Crippen LogP contribution in [0.4, 0.5) is 5.69 Å². The van der Waals surface area contributed by atoms with Gasteiger partial charge in [-0.25, -0.2) is 0 Å². The van der Waals surface area contributed by atoms with Gasteiger partial charge in [-0.15, -0.1) is 0 Å². The summed E-state index contributed by atoms with van der Waals surface area (Å²) in [6, 6.07) is 6.12. The summed E-state index contributed by atoms with van der Waals surface area (Å²) in [7, 11) is 0. The van der Waals surface area contributed by atoms with Crippen molar-refractivity contribution in [3.8, 4) is 0 Å². The fourth-order valence-electron chi connectivity index (χ4n) is 2.03. The van der Waals surface area contributed by atoms with Gasteiger partial charge in [0, 0.05) is 17.6 Å². The number of benzene rings is 1. The van der Waals surface area contributed by atoms with Crippen LogP contribution in [0.5, 0.6) is 0 Å². The number of anilines is 1. The van der Waals surface area contributed by atoms with Gasteiger partial charge in [0.05, 0.1) is 31.5 Å². The molecule has 17 heavy (non-hydrogen) atoms. The molecule has 1 heterocycles. The Balaban J connectivity index is 2.25. The minimum absolute atomic E-state index is 0.0313. The van der Waals surface area contributed by atoms with Gasteiger partial charge in [0.15, 0.2) is 0 Å². The lowest BCUT2D eigenvalue weighted by Crippen LogP contribution is -2.47. The lowest BCUT2D eigenvalue weighted by atomic mass is 10.1. The molecule has 1 fully saturated rings. The lowest BCUT2D eigenvalue weighted by molar-refractivity contribution is 0.0726. The van der Waals surface area contributed by atoms with Crippen molar-refractivity contribution < 1.29 is 9.84 Å². The highest BCUT2D eigenvalue weighted by Gasteiger charge is 2.23. The molecule has 1 aromatic rings. The number of ether oxygens (including phenoxy) is 1. The van der Waals surface area contributed by atoms with Crippen molar-refractivity contribution in [2.75, 3.05) is 31.3 Å². The van der Waals surface area contributed by atoms with E-state index in [0.717, 1.165) is 22.3 Å².